The van der Waals surface area contributed by atoms with Crippen LogP contribution in [0.15, 0.2) is 102 Å². The maximum atomic E-state index is 13.8. The molecule has 0 fully saturated rings. The van der Waals surface area contributed by atoms with Crippen molar-refractivity contribution >= 4 is 23.6 Å². The van der Waals surface area contributed by atoms with Gasteiger partial charge >= 0.3 is 0 Å². The third-order valence-electron chi connectivity index (χ3n) is 6.52. The Kier molecular flexibility index (Phi) is 7.78. The van der Waals surface area contributed by atoms with E-state index >= 15 is 0 Å². The van der Waals surface area contributed by atoms with Crippen LogP contribution in [0.3, 0.4) is 0 Å². The van der Waals surface area contributed by atoms with Gasteiger partial charge in [-0.15, -0.1) is 0 Å². The van der Waals surface area contributed by atoms with Crippen molar-refractivity contribution in [1.82, 2.24) is 4.90 Å². The number of anilines is 1. The normalized spacial score (nSPS) is 13.0. The topological polar surface area (TPSA) is 81.0 Å². The fourth-order valence-electron chi connectivity index (χ4n) is 4.42. The Morgan fingerprint density at radius 3 is 2.38 bits per heavy atom. The van der Waals surface area contributed by atoms with E-state index in [2.05, 4.69) is 19.2 Å². The molecule has 3 aromatic carbocycles. The quantitative estimate of drug-likeness (QED) is 0.252. The summed E-state index contributed by atoms with van der Waals surface area (Å²) in [6.07, 6.45) is 4.71. The van der Waals surface area contributed by atoms with Gasteiger partial charge in [0.1, 0.15) is 11.8 Å². The zero-order chi connectivity index (χ0) is 27.2. The highest BCUT2D eigenvalue weighted by molar-refractivity contribution is 6.00. The molecule has 7 heteroatoms. The number of ether oxygens (including phenoxy) is 2. The molecule has 39 heavy (non-hydrogen) atoms. The van der Waals surface area contributed by atoms with Crippen molar-refractivity contribution in [2.45, 2.75) is 32.4 Å². The first-order valence-electron chi connectivity index (χ1n) is 12.8. The number of furan rings is 1. The SMILES string of the molecule is CC(C)c1ccc(NC(=O)[C@@H](c2ccccc2)N(Cc2ccco2)C(=O)/C=C/c2ccc3c(c2)OCO3)cc1. The van der Waals surface area contributed by atoms with Crippen LogP contribution < -0.4 is 14.8 Å². The Hall–Kier alpha value is -4.78. The summed E-state index contributed by atoms with van der Waals surface area (Å²) < 4.78 is 16.4. The van der Waals surface area contributed by atoms with Crippen molar-refractivity contribution < 1.29 is 23.5 Å². The van der Waals surface area contributed by atoms with Gasteiger partial charge in [0, 0.05) is 11.8 Å². The Labute approximate surface area is 227 Å². The van der Waals surface area contributed by atoms with E-state index in [1.165, 1.54) is 16.5 Å². The predicted octanol–water partition coefficient (Wildman–Crippen LogP) is 6.55. The lowest BCUT2D eigenvalue weighted by atomic mass is 10.0. The Balaban J connectivity index is 1.46. The molecule has 1 aliphatic rings. The molecule has 5 rings (SSSR count). The summed E-state index contributed by atoms with van der Waals surface area (Å²) >= 11 is 0. The van der Waals surface area contributed by atoms with Gasteiger partial charge in [0.25, 0.3) is 5.91 Å². The van der Waals surface area contributed by atoms with Crippen LogP contribution >= 0.6 is 0 Å². The number of benzene rings is 3. The number of hydrogen-bond acceptors (Lipinski definition) is 5. The molecule has 0 aliphatic carbocycles. The fourth-order valence-corrected chi connectivity index (χ4v) is 4.42. The number of carbonyl (C=O) groups excluding carboxylic acids is 2. The van der Waals surface area contributed by atoms with E-state index in [1.54, 1.807) is 30.5 Å². The predicted molar refractivity (Wildman–Crippen MR) is 149 cm³/mol. The standard InChI is InChI=1S/C32H30N2O5/c1-22(2)24-12-14-26(15-13-24)33-32(36)31(25-7-4-3-5-8-25)34(20-27-9-6-18-37-27)30(35)17-11-23-10-16-28-29(19-23)39-21-38-28/h3-19,22,31H,20-21H2,1-2H3,(H,33,36)/b17-11+/t31-/m1/s1. The minimum atomic E-state index is -0.907. The van der Waals surface area contributed by atoms with Crippen molar-refractivity contribution in [3.63, 3.8) is 0 Å². The van der Waals surface area contributed by atoms with Gasteiger partial charge in [0.2, 0.25) is 12.7 Å². The summed E-state index contributed by atoms with van der Waals surface area (Å²) in [7, 11) is 0. The van der Waals surface area contributed by atoms with E-state index in [0.717, 1.165) is 5.56 Å². The van der Waals surface area contributed by atoms with Gasteiger partial charge in [-0.1, -0.05) is 62.4 Å². The zero-order valence-electron chi connectivity index (χ0n) is 21.9. The maximum absolute atomic E-state index is 13.8. The summed E-state index contributed by atoms with van der Waals surface area (Å²) in [6.45, 7) is 4.52. The number of nitrogens with zero attached hydrogens (tertiary/aromatic N) is 1. The van der Waals surface area contributed by atoms with E-state index in [4.69, 9.17) is 13.9 Å². The van der Waals surface area contributed by atoms with Gasteiger partial charge in [-0.05, 0) is 65.1 Å². The summed E-state index contributed by atoms with van der Waals surface area (Å²) in [5.74, 6) is 1.57. The van der Waals surface area contributed by atoms with Crippen LogP contribution in [0.1, 0.15) is 48.3 Å². The summed E-state index contributed by atoms with van der Waals surface area (Å²) in [5, 5.41) is 3.01. The van der Waals surface area contributed by atoms with E-state index in [9.17, 15) is 9.59 Å². The number of fused-ring (bicyclic) bond motifs is 1. The molecule has 0 unspecified atom stereocenters. The van der Waals surface area contributed by atoms with E-state index in [0.29, 0.717) is 34.4 Å². The fraction of sp³-hybridized carbons (Fsp3) is 0.188. The molecular formula is C32H30N2O5. The van der Waals surface area contributed by atoms with Crippen molar-refractivity contribution in [3.05, 3.63) is 120 Å². The molecule has 2 heterocycles. The third kappa shape index (κ3) is 6.21. The molecule has 1 atom stereocenters. The lowest BCUT2D eigenvalue weighted by Crippen LogP contribution is -2.40. The first-order chi connectivity index (χ1) is 19.0. The number of rotatable bonds is 9. The number of amides is 2. The summed E-state index contributed by atoms with van der Waals surface area (Å²) in [6, 6.07) is 25.1. The van der Waals surface area contributed by atoms with E-state index in [1.807, 2.05) is 66.7 Å². The first kappa shape index (κ1) is 25.9. The summed E-state index contributed by atoms with van der Waals surface area (Å²) in [4.78, 5) is 29.1. The second-order valence-corrected chi connectivity index (χ2v) is 9.57. The molecule has 0 bridgehead atoms. The Morgan fingerprint density at radius 2 is 1.67 bits per heavy atom. The molecule has 0 spiro atoms. The second-order valence-electron chi connectivity index (χ2n) is 9.57. The highest BCUT2D eigenvalue weighted by Crippen LogP contribution is 2.33. The van der Waals surface area contributed by atoms with Crippen LogP contribution in [0.2, 0.25) is 0 Å². The average molecular weight is 523 g/mol. The van der Waals surface area contributed by atoms with E-state index < -0.39 is 6.04 Å². The highest BCUT2D eigenvalue weighted by atomic mass is 16.7. The monoisotopic (exact) mass is 522 g/mol. The van der Waals surface area contributed by atoms with Crippen LogP contribution in [0.4, 0.5) is 5.69 Å². The van der Waals surface area contributed by atoms with Gasteiger partial charge < -0.3 is 24.1 Å². The molecule has 4 aromatic rings. The zero-order valence-corrected chi connectivity index (χ0v) is 21.9. The number of carbonyl (C=O) groups is 2. The Bertz CT molecular complexity index is 1440. The maximum Gasteiger partial charge on any atom is 0.251 e. The molecule has 1 aliphatic heterocycles. The lowest BCUT2D eigenvalue weighted by Gasteiger charge is -2.30. The van der Waals surface area contributed by atoms with Crippen LogP contribution in [-0.4, -0.2) is 23.5 Å². The number of nitrogens with one attached hydrogen (secondary N) is 1. The van der Waals surface area contributed by atoms with Crippen molar-refractivity contribution in [3.8, 4) is 11.5 Å². The van der Waals surface area contributed by atoms with Gasteiger partial charge in [0.15, 0.2) is 11.5 Å². The van der Waals surface area contributed by atoms with Crippen LogP contribution in [-0.2, 0) is 16.1 Å². The Morgan fingerprint density at radius 1 is 0.897 bits per heavy atom. The molecule has 7 nitrogen and oxygen atoms in total. The van der Waals surface area contributed by atoms with Gasteiger partial charge in [0.05, 0.1) is 12.8 Å². The molecule has 0 radical (unpaired) electrons. The van der Waals surface area contributed by atoms with Crippen LogP contribution in [0.5, 0.6) is 11.5 Å². The lowest BCUT2D eigenvalue weighted by molar-refractivity contribution is -0.136. The third-order valence-corrected chi connectivity index (χ3v) is 6.52. The van der Waals surface area contributed by atoms with Gasteiger partial charge in [-0.3, -0.25) is 9.59 Å². The molecule has 198 valence electrons. The molecular weight excluding hydrogens is 492 g/mol. The van der Waals surface area contributed by atoms with Gasteiger partial charge in [-0.2, -0.15) is 0 Å². The second kappa shape index (κ2) is 11.7. The molecule has 1 aromatic heterocycles. The minimum absolute atomic E-state index is 0.108. The smallest absolute Gasteiger partial charge is 0.251 e. The first-order valence-corrected chi connectivity index (χ1v) is 12.8. The van der Waals surface area contributed by atoms with Gasteiger partial charge in [-0.25, -0.2) is 0 Å². The van der Waals surface area contributed by atoms with Crippen LogP contribution in [0, 0.1) is 0 Å². The molecule has 0 saturated carbocycles. The van der Waals surface area contributed by atoms with Crippen LogP contribution in [0.25, 0.3) is 6.08 Å². The van der Waals surface area contributed by atoms with Crippen molar-refractivity contribution in [2.24, 2.45) is 0 Å². The summed E-state index contributed by atoms with van der Waals surface area (Å²) in [5.41, 5.74) is 3.30. The average Bonchev–Trinajstić information content (AvgIpc) is 3.64. The largest absolute Gasteiger partial charge is 0.467 e. The highest BCUT2D eigenvalue weighted by Gasteiger charge is 2.31. The van der Waals surface area contributed by atoms with Crippen molar-refractivity contribution in [1.29, 1.82) is 0 Å². The molecule has 2 amide bonds. The van der Waals surface area contributed by atoms with E-state index in [-0.39, 0.29) is 25.2 Å². The number of hydrogen-bond donors (Lipinski definition) is 1. The molecule has 1 N–H and O–H groups in total. The molecule has 0 saturated heterocycles. The van der Waals surface area contributed by atoms with Crippen molar-refractivity contribution in [2.75, 3.05) is 12.1 Å². The minimum Gasteiger partial charge on any atom is -0.467 e.